The minimum atomic E-state index is -2.08. The number of halogens is 1. The number of aromatic nitrogens is 5. The van der Waals surface area contributed by atoms with Gasteiger partial charge >= 0.3 is 0 Å². The van der Waals surface area contributed by atoms with Crippen molar-refractivity contribution in [1.29, 1.82) is 0 Å². The second kappa shape index (κ2) is 13.0. The molecule has 0 saturated carbocycles. The number of rotatable bonds is 10. The van der Waals surface area contributed by atoms with Crippen molar-refractivity contribution in [3.63, 3.8) is 0 Å². The van der Waals surface area contributed by atoms with E-state index in [1.54, 1.807) is 23.0 Å². The van der Waals surface area contributed by atoms with Crippen molar-refractivity contribution < 1.29 is 9.16 Å². The second-order valence-corrected chi connectivity index (χ2v) is 18.2. The largest absolute Gasteiger partial charge is 0.414 e. The topological polar surface area (TPSA) is 84.1 Å². The highest BCUT2D eigenvalue weighted by Gasteiger charge is 2.38. The van der Waals surface area contributed by atoms with Gasteiger partial charge in [0, 0.05) is 58.5 Å². The van der Waals surface area contributed by atoms with Crippen LogP contribution in [-0.4, -0.2) is 45.8 Å². The maximum atomic E-state index is 13.8. The summed E-state index contributed by atoms with van der Waals surface area (Å²) in [7, 11) is -2.08. The zero-order valence-corrected chi connectivity index (χ0v) is 29.1. The summed E-state index contributed by atoms with van der Waals surface area (Å²) >= 11 is 6.39. The predicted octanol–water partition coefficient (Wildman–Crippen LogP) is 8.45. The zero-order valence-electron chi connectivity index (χ0n) is 27.3. The third-order valence-electron chi connectivity index (χ3n) is 8.73. The second-order valence-electron chi connectivity index (χ2n) is 12.9. The minimum Gasteiger partial charge on any atom is -0.414 e. The molecule has 0 aliphatic heterocycles. The molecule has 0 fully saturated rings. The molecule has 0 spiro atoms. The van der Waals surface area contributed by atoms with Crippen molar-refractivity contribution in [2.75, 3.05) is 13.2 Å². The van der Waals surface area contributed by atoms with Crippen LogP contribution >= 0.6 is 11.6 Å². The summed E-state index contributed by atoms with van der Waals surface area (Å²) in [5.74, 6) is 0. The fourth-order valence-electron chi connectivity index (χ4n) is 5.13. The molecule has 4 aromatic heterocycles. The predicted molar refractivity (Wildman–Crippen MR) is 184 cm³/mol. The van der Waals surface area contributed by atoms with Gasteiger partial charge in [-0.15, -0.1) is 0 Å². The van der Waals surface area contributed by atoms with Crippen LogP contribution in [0.5, 0.6) is 0 Å². The number of aryl methyl sites for hydroxylation is 1. The highest BCUT2D eigenvalue weighted by Crippen LogP contribution is 2.38. The van der Waals surface area contributed by atoms with Gasteiger partial charge in [-0.2, -0.15) is 5.10 Å². The molecule has 8 nitrogen and oxygen atoms in total. The lowest BCUT2D eigenvalue weighted by molar-refractivity contribution is 0.0189. The molecule has 0 N–H and O–H groups in total. The van der Waals surface area contributed by atoms with E-state index >= 15 is 0 Å². The quantitative estimate of drug-likeness (QED) is 0.142. The molecular weight excluding hydrogens is 602 g/mol. The summed E-state index contributed by atoms with van der Waals surface area (Å²) in [5, 5.41) is 6.44. The van der Waals surface area contributed by atoms with Crippen LogP contribution in [0.15, 0.2) is 78.0 Å². The van der Waals surface area contributed by atoms with Crippen LogP contribution in [-0.2, 0) is 9.16 Å². The molecule has 0 aliphatic rings. The van der Waals surface area contributed by atoms with Crippen molar-refractivity contribution in [1.82, 2.24) is 24.3 Å². The molecule has 2 atom stereocenters. The van der Waals surface area contributed by atoms with E-state index in [2.05, 4.69) is 38.8 Å². The monoisotopic (exact) mass is 643 g/mol. The van der Waals surface area contributed by atoms with Crippen LogP contribution in [0.4, 0.5) is 0 Å². The summed E-state index contributed by atoms with van der Waals surface area (Å²) in [6.45, 7) is 17.9. The normalized spacial score (nSPS) is 13.7. The van der Waals surface area contributed by atoms with Crippen molar-refractivity contribution in [2.24, 2.45) is 0 Å². The van der Waals surface area contributed by atoms with Gasteiger partial charge in [0.05, 0.1) is 12.6 Å². The fourth-order valence-corrected chi connectivity index (χ4v) is 6.34. The van der Waals surface area contributed by atoms with Gasteiger partial charge in [-0.1, -0.05) is 44.5 Å². The molecule has 5 aromatic rings. The van der Waals surface area contributed by atoms with Crippen LogP contribution in [0.25, 0.3) is 33.4 Å². The van der Waals surface area contributed by atoms with Crippen LogP contribution < -0.4 is 5.56 Å². The Hall–Kier alpha value is -3.63. The molecule has 1 aromatic carbocycles. The molecule has 10 heteroatoms. The average Bonchev–Trinajstić information content (AvgIpc) is 3.37. The Morgan fingerprint density at radius 3 is 2.44 bits per heavy atom. The number of benzene rings is 1. The maximum Gasteiger partial charge on any atom is 0.251 e. The molecule has 1 unspecified atom stereocenters. The number of ether oxygens (including phenoxy) is 1. The number of nitrogens with zero attached hydrogens (tertiary/aromatic N) is 5. The first kappa shape index (κ1) is 32.8. The summed E-state index contributed by atoms with van der Waals surface area (Å²) in [6.07, 6.45) is 5.11. The Kier molecular flexibility index (Phi) is 9.46. The standard InChI is InChI=1S/C35H42ClN5O3Si/c1-9-43-24(3)41-34-30(33(39-41)27-13-15-37-23(2)17-27)19-28(21-38-34)25-14-16-40(32(42)20-25)31(26-11-10-12-29(36)18-26)22-44-45(7,8)35(4,5)6/h10-21,24,31H,9,22H2,1-8H3/t24?,31-/m1/s1. The van der Waals surface area contributed by atoms with Gasteiger partial charge < -0.3 is 13.7 Å². The molecule has 0 bridgehead atoms. The van der Waals surface area contributed by atoms with E-state index in [-0.39, 0.29) is 22.9 Å². The Bertz CT molecular complexity index is 1880. The van der Waals surface area contributed by atoms with Crippen LogP contribution in [0.1, 0.15) is 58.1 Å². The minimum absolute atomic E-state index is 0.0361. The highest BCUT2D eigenvalue weighted by molar-refractivity contribution is 6.74. The lowest BCUT2D eigenvalue weighted by Crippen LogP contribution is -2.43. The summed E-state index contributed by atoms with van der Waals surface area (Å²) in [5.41, 5.74) is 5.70. The van der Waals surface area contributed by atoms with E-state index in [4.69, 9.17) is 30.8 Å². The number of hydrogen-bond acceptors (Lipinski definition) is 6. The van der Waals surface area contributed by atoms with E-state index in [0.717, 1.165) is 39.0 Å². The molecule has 0 amide bonds. The van der Waals surface area contributed by atoms with Crippen molar-refractivity contribution in [3.05, 3.63) is 99.8 Å². The lowest BCUT2D eigenvalue weighted by Gasteiger charge is -2.37. The van der Waals surface area contributed by atoms with E-state index in [0.29, 0.717) is 23.9 Å². The van der Waals surface area contributed by atoms with Crippen molar-refractivity contribution in [3.8, 4) is 22.4 Å². The molecule has 0 saturated heterocycles. The first-order chi connectivity index (χ1) is 21.3. The van der Waals surface area contributed by atoms with Gasteiger partial charge in [-0.3, -0.25) is 9.78 Å². The van der Waals surface area contributed by atoms with Gasteiger partial charge in [-0.25, -0.2) is 9.67 Å². The van der Waals surface area contributed by atoms with Crippen LogP contribution in [0, 0.1) is 6.92 Å². The first-order valence-corrected chi connectivity index (χ1v) is 18.6. The maximum absolute atomic E-state index is 13.8. The Balaban J connectivity index is 1.57. The van der Waals surface area contributed by atoms with E-state index in [9.17, 15) is 4.79 Å². The SMILES string of the molecule is CCOC(C)n1nc(-c2ccnc(C)c2)c2cc(-c3ccn([C@H](CO[Si](C)(C)C(C)(C)C)c4cccc(Cl)c4)c(=O)c3)cnc21. The zero-order chi connectivity index (χ0) is 32.5. The van der Waals surface area contributed by atoms with Gasteiger partial charge in [0.25, 0.3) is 5.56 Å². The van der Waals surface area contributed by atoms with Crippen LogP contribution in [0.3, 0.4) is 0 Å². The van der Waals surface area contributed by atoms with Gasteiger partial charge in [0.1, 0.15) is 11.9 Å². The van der Waals surface area contributed by atoms with Crippen LogP contribution in [0.2, 0.25) is 23.2 Å². The summed E-state index contributed by atoms with van der Waals surface area (Å²) in [4.78, 5) is 23.0. The summed E-state index contributed by atoms with van der Waals surface area (Å²) < 4.78 is 16.0. The molecule has 4 heterocycles. The van der Waals surface area contributed by atoms with Crippen molar-refractivity contribution in [2.45, 2.75) is 71.9 Å². The number of hydrogen-bond donors (Lipinski definition) is 0. The Morgan fingerprint density at radius 1 is 1.00 bits per heavy atom. The fraction of sp³-hybridized carbons (Fsp3) is 0.371. The van der Waals surface area contributed by atoms with E-state index in [1.165, 1.54) is 0 Å². The van der Waals surface area contributed by atoms with Gasteiger partial charge in [-0.05, 0) is 86.4 Å². The van der Waals surface area contributed by atoms with Gasteiger partial charge in [0.2, 0.25) is 0 Å². The molecule has 236 valence electrons. The van der Waals surface area contributed by atoms with E-state index < -0.39 is 8.32 Å². The molecule has 5 rings (SSSR count). The van der Waals surface area contributed by atoms with Crippen molar-refractivity contribution >= 4 is 31.0 Å². The van der Waals surface area contributed by atoms with E-state index in [1.807, 2.05) is 80.2 Å². The smallest absolute Gasteiger partial charge is 0.251 e. The van der Waals surface area contributed by atoms with Gasteiger partial charge in [0.15, 0.2) is 14.0 Å². The molecule has 0 aliphatic carbocycles. The third kappa shape index (κ3) is 6.96. The average molecular weight is 644 g/mol. The number of fused-ring (bicyclic) bond motifs is 1. The third-order valence-corrected chi connectivity index (χ3v) is 13.5. The lowest BCUT2D eigenvalue weighted by atomic mass is 10.0. The molecular formula is C35H42ClN5O3Si. The summed E-state index contributed by atoms with van der Waals surface area (Å²) in [6, 6.07) is 16.9. The molecule has 0 radical (unpaired) electrons. The highest BCUT2D eigenvalue weighted by atomic mass is 35.5. The molecule has 45 heavy (non-hydrogen) atoms. The Labute approximate surface area is 271 Å². The Morgan fingerprint density at radius 2 is 1.78 bits per heavy atom. The first-order valence-electron chi connectivity index (χ1n) is 15.3. The number of pyridine rings is 3.